The van der Waals surface area contributed by atoms with Crippen molar-refractivity contribution in [3.63, 3.8) is 0 Å². The number of nitriles is 1. The lowest BCUT2D eigenvalue weighted by atomic mass is 10.0. The first-order chi connectivity index (χ1) is 6.19. The molecule has 1 rings (SSSR count). The summed E-state index contributed by atoms with van der Waals surface area (Å²) in [5, 5.41) is 18.4. The van der Waals surface area contributed by atoms with Crippen molar-refractivity contribution in [2.45, 2.75) is 19.4 Å². The SMILES string of the molecule is CCC(C#N)C(O)c1ccc(Cl)s1. The van der Waals surface area contributed by atoms with Crippen LogP contribution in [-0.2, 0) is 0 Å². The second-order valence-electron chi connectivity index (χ2n) is 2.73. The molecule has 0 bridgehead atoms. The zero-order valence-electron chi connectivity index (χ0n) is 7.20. The Morgan fingerprint density at radius 1 is 1.69 bits per heavy atom. The summed E-state index contributed by atoms with van der Waals surface area (Å²) in [5.74, 6) is -0.338. The third kappa shape index (κ3) is 2.44. The number of aliphatic hydroxyl groups is 1. The number of halogens is 1. The molecule has 1 N–H and O–H groups in total. The van der Waals surface area contributed by atoms with Crippen molar-refractivity contribution >= 4 is 22.9 Å². The highest BCUT2D eigenvalue weighted by Crippen LogP contribution is 2.31. The minimum atomic E-state index is -0.701. The number of nitrogens with zero attached hydrogens (tertiary/aromatic N) is 1. The van der Waals surface area contributed by atoms with E-state index in [4.69, 9.17) is 16.9 Å². The molecule has 0 aliphatic rings. The summed E-state index contributed by atoms with van der Waals surface area (Å²) in [7, 11) is 0. The summed E-state index contributed by atoms with van der Waals surface area (Å²) in [4.78, 5) is 0.762. The van der Waals surface area contributed by atoms with E-state index in [9.17, 15) is 5.11 Å². The molecule has 0 saturated heterocycles. The zero-order valence-corrected chi connectivity index (χ0v) is 8.77. The van der Waals surface area contributed by atoms with E-state index in [0.29, 0.717) is 10.8 Å². The van der Waals surface area contributed by atoms with E-state index >= 15 is 0 Å². The molecule has 1 aromatic heterocycles. The summed E-state index contributed by atoms with van der Waals surface area (Å²) in [6.07, 6.45) is -0.0554. The highest BCUT2D eigenvalue weighted by Gasteiger charge is 2.20. The van der Waals surface area contributed by atoms with Crippen LogP contribution in [0.2, 0.25) is 4.34 Å². The second-order valence-corrected chi connectivity index (χ2v) is 4.48. The van der Waals surface area contributed by atoms with E-state index in [0.717, 1.165) is 4.88 Å². The highest BCUT2D eigenvalue weighted by molar-refractivity contribution is 7.16. The fourth-order valence-corrected chi connectivity index (χ4v) is 2.18. The Labute approximate surface area is 86.4 Å². The molecule has 2 atom stereocenters. The average molecular weight is 216 g/mol. The normalized spacial score (nSPS) is 14.9. The monoisotopic (exact) mass is 215 g/mol. The molecule has 70 valence electrons. The van der Waals surface area contributed by atoms with Gasteiger partial charge in [-0.05, 0) is 18.6 Å². The molecule has 0 amide bonds. The van der Waals surface area contributed by atoms with Gasteiger partial charge in [-0.25, -0.2) is 0 Å². The van der Waals surface area contributed by atoms with Crippen molar-refractivity contribution in [2.75, 3.05) is 0 Å². The number of hydrogen-bond donors (Lipinski definition) is 1. The maximum atomic E-state index is 9.72. The van der Waals surface area contributed by atoms with Crippen LogP contribution in [0.5, 0.6) is 0 Å². The lowest BCUT2D eigenvalue weighted by molar-refractivity contribution is 0.136. The van der Waals surface area contributed by atoms with E-state index in [1.807, 2.05) is 6.92 Å². The minimum Gasteiger partial charge on any atom is -0.386 e. The first-order valence-corrected chi connectivity index (χ1v) is 5.21. The van der Waals surface area contributed by atoms with Crippen molar-refractivity contribution in [1.29, 1.82) is 5.26 Å². The van der Waals surface area contributed by atoms with Gasteiger partial charge >= 0.3 is 0 Å². The predicted octanol–water partition coefficient (Wildman–Crippen LogP) is 2.98. The largest absolute Gasteiger partial charge is 0.386 e. The minimum absolute atomic E-state index is 0.338. The van der Waals surface area contributed by atoms with Crippen molar-refractivity contribution < 1.29 is 5.11 Å². The van der Waals surface area contributed by atoms with Crippen LogP contribution in [0.25, 0.3) is 0 Å². The molecule has 0 fully saturated rings. The first kappa shape index (κ1) is 10.5. The topological polar surface area (TPSA) is 44.0 Å². The molecule has 2 unspecified atom stereocenters. The number of thiophene rings is 1. The van der Waals surface area contributed by atoms with E-state index in [-0.39, 0.29) is 5.92 Å². The number of hydrogen-bond acceptors (Lipinski definition) is 3. The van der Waals surface area contributed by atoms with Crippen LogP contribution in [0.3, 0.4) is 0 Å². The van der Waals surface area contributed by atoms with E-state index in [1.54, 1.807) is 12.1 Å². The van der Waals surface area contributed by atoms with Gasteiger partial charge in [0.2, 0.25) is 0 Å². The number of rotatable bonds is 3. The molecule has 0 saturated carbocycles. The Bertz CT molecular complexity index is 318. The van der Waals surface area contributed by atoms with Gasteiger partial charge in [0.25, 0.3) is 0 Å². The standard InChI is InChI=1S/C9H10ClNOS/c1-2-6(5-11)9(12)7-3-4-8(10)13-7/h3-4,6,9,12H,2H2,1H3. The van der Waals surface area contributed by atoms with Crippen LogP contribution in [-0.4, -0.2) is 5.11 Å². The summed E-state index contributed by atoms with van der Waals surface area (Å²) in [6, 6.07) is 5.57. The molecule has 0 aliphatic carbocycles. The Morgan fingerprint density at radius 3 is 2.77 bits per heavy atom. The van der Waals surface area contributed by atoms with Crippen molar-refractivity contribution in [2.24, 2.45) is 5.92 Å². The Kier molecular flexibility index (Phi) is 3.73. The molecular weight excluding hydrogens is 206 g/mol. The van der Waals surface area contributed by atoms with E-state index in [1.165, 1.54) is 11.3 Å². The zero-order chi connectivity index (χ0) is 9.84. The Morgan fingerprint density at radius 2 is 2.38 bits per heavy atom. The lowest BCUT2D eigenvalue weighted by Gasteiger charge is -2.12. The van der Waals surface area contributed by atoms with Gasteiger partial charge in [0.1, 0.15) is 6.10 Å². The molecule has 0 aliphatic heterocycles. The molecule has 1 aromatic rings. The first-order valence-electron chi connectivity index (χ1n) is 4.02. The van der Waals surface area contributed by atoms with Gasteiger partial charge in [-0.1, -0.05) is 18.5 Å². The molecule has 0 aromatic carbocycles. The Balaban J connectivity index is 2.78. The third-order valence-electron chi connectivity index (χ3n) is 1.87. The summed E-state index contributed by atoms with van der Waals surface area (Å²) in [6.45, 7) is 1.88. The fourth-order valence-electron chi connectivity index (χ4n) is 1.07. The molecular formula is C9H10ClNOS. The second kappa shape index (κ2) is 4.61. The molecule has 0 spiro atoms. The van der Waals surface area contributed by atoms with Gasteiger partial charge in [0, 0.05) is 4.88 Å². The highest BCUT2D eigenvalue weighted by atomic mass is 35.5. The van der Waals surface area contributed by atoms with Crippen LogP contribution < -0.4 is 0 Å². The van der Waals surface area contributed by atoms with Gasteiger partial charge in [-0.15, -0.1) is 11.3 Å². The summed E-state index contributed by atoms with van der Waals surface area (Å²) < 4.78 is 0.641. The smallest absolute Gasteiger partial charge is 0.104 e. The Hall–Kier alpha value is -0.560. The van der Waals surface area contributed by atoms with E-state index in [2.05, 4.69) is 6.07 Å². The number of aliphatic hydroxyl groups excluding tert-OH is 1. The van der Waals surface area contributed by atoms with Gasteiger partial charge in [-0.2, -0.15) is 5.26 Å². The fraction of sp³-hybridized carbons (Fsp3) is 0.444. The molecule has 0 radical (unpaired) electrons. The van der Waals surface area contributed by atoms with Crippen LogP contribution in [0.15, 0.2) is 12.1 Å². The van der Waals surface area contributed by atoms with Crippen molar-refractivity contribution in [3.8, 4) is 6.07 Å². The van der Waals surface area contributed by atoms with Gasteiger partial charge in [0.05, 0.1) is 16.3 Å². The van der Waals surface area contributed by atoms with Crippen molar-refractivity contribution in [3.05, 3.63) is 21.3 Å². The van der Waals surface area contributed by atoms with Crippen LogP contribution in [0, 0.1) is 17.2 Å². The van der Waals surface area contributed by atoms with Crippen LogP contribution in [0.4, 0.5) is 0 Å². The molecule has 2 nitrogen and oxygen atoms in total. The molecule has 4 heteroatoms. The predicted molar refractivity (Wildman–Crippen MR) is 53.7 cm³/mol. The quantitative estimate of drug-likeness (QED) is 0.843. The molecule has 1 heterocycles. The van der Waals surface area contributed by atoms with Gasteiger partial charge in [-0.3, -0.25) is 0 Å². The third-order valence-corrected chi connectivity index (χ3v) is 3.17. The van der Waals surface area contributed by atoms with Crippen LogP contribution in [0.1, 0.15) is 24.3 Å². The maximum absolute atomic E-state index is 9.72. The molecule has 13 heavy (non-hydrogen) atoms. The van der Waals surface area contributed by atoms with Crippen molar-refractivity contribution in [1.82, 2.24) is 0 Å². The summed E-state index contributed by atoms with van der Waals surface area (Å²) >= 11 is 7.04. The average Bonchev–Trinajstić information content (AvgIpc) is 2.54. The van der Waals surface area contributed by atoms with Gasteiger partial charge < -0.3 is 5.11 Å². The summed E-state index contributed by atoms with van der Waals surface area (Å²) in [5.41, 5.74) is 0. The maximum Gasteiger partial charge on any atom is 0.104 e. The van der Waals surface area contributed by atoms with Crippen LogP contribution >= 0.6 is 22.9 Å². The van der Waals surface area contributed by atoms with Gasteiger partial charge in [0.15, 0.2) is 0 Å². The van der Waals surface area contributed by atoms with E-state index < -0.39 is 6.10 Å². The lowest BCUT2D eigenvalue weighted by Crippen LogP contribution is -2.07.